The first kappa shape index (κ1) is 22.1. The Balaban J connectivity index is 2.58. The van der Waals surface area contributed by atoms with Gasteiger partial charge in [-0.1, -0.05) is 25.2 Å². The second-order valence-electron chi connectivity index (χ2n) is 6.58. The van der Waals surface area contributed by atoms with Crippen LogP contribution < -0.4 is 4.74 Å². The van der Waals surface area contributed by atoms with Crippen molar-refractivity contribution in [1.82, 2.24) is 0 Å². The van der Waals surface area contributed by atoms with Gasteiger partial charge in [0.05, 0.1) is 17.7 Å². The molecule has 4 atom stereocenters. The number of rotatable bonds is 1. The number of fused-ring (bicyclic) bond motifs is 1. The molecule has 0 spiro atoms. The molecule has 152 valence electrons. The molecule has 0 aliphatic carbocycles. The van der Waals surface area contributed by atoms with Crippen molar-refractivity contribution in [2.24, 2.45) is 5.92 Å². The molecule has 0 amide bonds. The largest absolute Gasteiger partial charge is 0.507 e. The summed E-state index contributed by atoms with van der Waals surface area (Å²) < 4.78 is 11.1. The maximum Gasteiger partial charge on any atom is 0.342 e. The Labute approximate surface area is 171 Å². The van der Waals surface area contributed by atoms with Crippen molar-refractivity contribution in [2.45, 2.75) is 38.6 Å². The van der Waals surface area contributed by atoms with Crippen molar-refractivity contribution in [3.63, 3.8) is 0 Å². The molecule has 0 unspecified atom stereocenters. The van der Waals surface area contributed by atoms with Gasteiger partial charge in [-0.15, -0.1) is 0 Å². The number of hydrogen-bond acceptors (Lipinski definition) is 7. The van der Waals surface area contributed by atoms with Gasteiger partial charge in [-0.05, 0) is 35.4 Å². The number of halogens is 1. The lowest BCUT2D eigenvalue weighted by molar-refractivity contribution is -0.127. The van der Waals surface area contributed by atoms with Crippen LogP contribution in [0.5, 0.6) is 11.5 Å². The molecule has 7 nitrogen and oxygen atoms in total. The number of esters is 1. The van der Waals surface area contributed by atoms with Crippen LogP contribution in [0.25, 0.3) is 6.08 Å². The number of ether oxygens (including phenoxy) is 2. The first-order valence-electron chi connectivity index (χ1n) is 8.72. The highest BCUT2D eigenvalue weighted by atomic mass is 79.9. The van der Waals surface area contributed by atoms with E-state index in [4.69, 9.17) is 9.47 Å². The Morgan fingerprint density at radius 3 is 2.54 bits per heavy atom. The Morgan fingerprint density at radius 2 is 1.89 bits per heavy atom. The number of phenols is 1. The highest BCUT2D eigenvalue weighted by Crippen LogP contribution is 2.38. The molecule has 0 bridgehead atoms. The molecule has 0 radical (unpaired) electrons. The van der Waals surface area contributed by atoms with Crippen molar-refractivity contribution >= 4 is 33.8 Å². The molecule has 0 aromatic heterocycles. The lowest BCUT2D eigenvalue weighted by atomic mass is 9.99. The standard InChI is InChI=1S/C20H23BrO7/c1-10-7-8-14(23)19(25)13(22)6-4-5-12-17(20(26)28-11(10)2)15(24)9-16(27-3)18(12)21/h4-5,7-11,13,19,22,24-25H,6H2,1-3H3/b5-4+,8-7-/t10-,11-,13-,19-/m0/s1. The summed E-state index contributed by atoms with van der Waals surface area (Å²) in [6.45, 7) is 3.39. The summed E-state index contributed by atoms with van der Waals surface area (Å²) in [5, 5.41) is 30.4. The van der Waals surface area contributed by atoms with Gasteiger partial charge in [-0.25, -0.2) is 4.79 Å². The monoisotopic (exact) mass is 454 g/mol. The first-order chi connectivity index (χ1) is 13.2. The third kappa shape index (κ3) is 4.81. The van der Waals surface area contributed by atoms with E-state index in [-0.39, 0.29) is 23.7 Å². The second-order valence-corrected chi connectivity index (χ2v) is 7.37. The van der Waals surface area contributed by atoms with E-state index >= 15 is 0 Å². The van der Waals surface area contributed by atoms with Gasteiger partial charge in [0.2, 0.25) is 0 Å². The van der Waals surface area contributed by atoms with Gasteiger partial charge in [0.1, 0.15) is 29.3 Å². The zero-order chi connectivity index (χ0) is 21.0. The van der Waals surface area contributed by atoms with E-state index in [1.165, 1.54) is 37.5 Å². The molecule has 28 heavy (non-hydrogen) atoms. The normalized spacial score (nSPS) is 28.6. The number of aliphatic hydroxyl groups is 2. The van der Waals surface area contributed by atoms with Gasteiger partial charge in [0, 0.05) is 17.5 Å². The van der Waals surface area contributed by atoms with Gasteiger partial charge in [-0.3, -0.25) is 4.79 Å². The summed E-state index contributed by atoms with van der Waals surface area (Å²) in [5.74, 6) is -1.73. The van der Waals surface area contributed by atoms with Crippen LogP contribution in [0.4, 0.5) is 0 Å². The number of carbonyl (C=O) groups is 2. The predicted molar refractivity (Wildman–Crippen MR) is 106 cm³/mol. The molecule has 2 rings (SSSR count). The molecule has 1 aliphatic rings. The molecule has 1 aromatic rings. The first-order valence-corrected chi connectivity index (χ1v) is 9.51. The number of carbonyl (C=O) groups excluding carboxylic acids is 2. The Kier molecular flexibility index (Phi) is 7.40. The topological polar surface area (TPSA) is 113 Å². The van der Waals surface area contributed by atoms with E-state index in [2.05, 4.69) is 15.9 Å². The predicted octanol–water partition coefficient (Wildman–Crippen LogP) is 2.61. The number of cyclic esters (lactones) is 1. The summed E-state index contributed by atoms with van der Waals surface area (Å²) in [6.07, 6.45) is 2.09. The summed E-state index contributed by atoms with van der Waals surface area (Å²) in [4.78, 5) is 24.7. The van der Waals surface area contributed by atoms with Crippen LogP contribution in [-0.2, 0) is 9.53 Å². The van der Waals surface area contributed by atoms with Gasteiger partial charge < -0.3 is 24.8 Å². The van der Waals surface area contributed by atoms with E-state index in [9.17, 15) is 24.9 Å². The second kappa shape index (κ2) is 9.36. The van der Waals surface area contributed by atoms with Gasteiger partial charge in [0.15, 0.2) is 5.78 Å². The third-order valence-corrected chi connectivity index (χ3v) is 5.40. The highest BCUT2D eigenvalue weighted by molar-refractivity contribution is 9.10. The fourth-order valence-electron chi connectivity index (χ4n) is 2.64. The smallest absolute Gasteiger partial charge is 0.342 e. The van der Waals surface area contributed by atoms with Crippen molar-refractivity contribution in [1.29, 1.82) is 0 Å². The van der Waals surface area contributed by atoms with Gasteiger partial charge in [-0.2, -0.15) is 0 Å². The van der Waals surface area contributed by atoms with E-state index in [0.29, 0.717) is 15.8 Å². The highest BCUT2D eigenvalue weighted by Gasteiger charge is 2.26. The minimum Gasteiger partial charge on any atom is -0.507 e. The summed E-state index contributed by atoms with van der Waals surface area (Å²) in [6, 6.07) is 1.30. The van der Waals surface area contributed by atoms with Crippen LogP contribution in [0.3, 0.4) is 0 Å². The van der Waals surface area contributed by atoms with E-state index in [1.807, 2.05) is 0 Å². The fourth-order valence-corrected chi connectivity index (χ4v) is 3.25. The molecular weight excluding hydrogens is 432 g/mol. The van der Waals surface area contributed by atoms with Gasteiger partial charge >= 0.3 is 5.97 Å². The van der Waals surface area contributed by atoms with Gasteiger partial charge in [0.25, 0.3) is 0 Å². The molecular formula is C20H23BrO7. The molecule has 0 saturated carbocycles. The average molecular weight is 455 g/mol. The van der Waals surface area contributed by atoms with Crippen LogP contribution in [0.2, 0.25) is 0 Å². The number of methoxy groups -OCH3 is 1. The summed E-state index contributed by atoms with van der Waals surface area (Å²) in [5.41, 5.74) is 0.234. The summed E-state index contributed by atoms with van der Waals surface area (Å²) in [7, 11) is 1.42. The lowest BCUT2D eigenvalue weighted by Crippen LogP contribution is -2.32. The third-order valence-electron chi connectivity index (χ3n) is 4.59. The average Bonchev–Trinajstić information content (AvgIpc) is 2.66. The number of ketones is 1. The maximum absolute atomic E-state index is 12.7. The Bertz CT molecular complexity index is 815. The quantitative estimate of drug-likeness (QED) is 0.558. The summed E-state index contributed by atoms with van der Waals surface area (Å²) >= 11 is 3.35. The minimum atomic E-state index is -1.57. The number of hydrogen-bond donors (Lipinski definition) is 3. The van der Waals surface area contributed by atoms with Crippen molar-refractivity contribution < 1.29 is 34.4 Å². The Morgan fingerprint density at radius 1 is 1.21 bits per heavy atom. The molecule has 0 saturated heterocycles. The van der Waals surface area contributed by atoms with E-state index < -0.39 is 30.1 Å². The maximum atomic E-state index is 12.7. The molecule has 1 heterocycles. The number of aliphatic hydroxyl groups excluding tert-OH is 2. The fraction of sp³-hybridized carbons (Fsp3) is 0.400. The SMILES string of the molecule is COc1cc(O)c2c(c1Br)/C=C/C[C@H](O)[C@H](O)C(=O)/C=C\[C@H](C)[C@H](C)OC2=O. The minimum absolute atomic E-state index is 0.0500. The van der Waals surface area contributed by atoms with Crippen LogP contribution in [-0.4, -0.2) is 52.5 Å². The van der Waals surface area contributed by atoms with Crippen LogP contribution in [0.1, 0.15) is 36.2 Å². The van der Waals surface area contributed by atoms with Crippen molar-refractivity contribution in [3.8, 4) is 11.5 Å². The molecule has 0 fully saturated rings. The van der Waals surface area contributed by atoms with Crippen LogP contribution in [0.15, 0.2) is 28.8 Å². The molecule has 3 N–H and O–H groups in total. The van der Waals surface area contributed by atoms with E-state index in [1.54, 1.807) is 13.8 Å². The molecule has 8 heteroatoms. The van der Waals surface area contributed by atoms with Crippen LogP contribution in [0, 0.1) is 5.92 Å². The number of phenolic OH excluding ortho intramolecular Hbond substituents is 1. The lowest BCUT2D eigenvalue weighted by Gasteiger charge is -2.20. The van der Waals surface area contributed by atoms with E-state index in [0.717, 1.165) is 0 Å². The zero-order valence-electron chi connectivity index (χ0n) is 15.8. The number of benzene rings is 1. The van der Waals surface area contributed by atoms with Crippen LogP contribution >= 0.6 is 15.9 Å². The van der Waals surface area contributed by atoms with Crippen molar-refractivity contribution in [3.05, 3.63) is 39.9 Å². The molecule has 1 aromatic carbocycles. The van der Waals surface area contributed by atoms with Crippen molar-refractivity contribution in [2.75, 3.05) is 7.11 Å². The number of aromatic hydroxyl groups is 1. The molecule has 1 aliphatic heterocycles. The Hall–Kier alpha value is -2.16. The zero-order valence-corrected chi connectivity index (χ0v) is 17.3.